The van der Waals surface area contributed by atoms with Gasteiger partial charge in [-0.3, -0.25) is 4.79 Å². The van der Waals surface area contributed by atoms with Gasteiger partial charge in [0.05, 0.1) is 19.1 Å². The molecular weight excluding hydrogens is 264 g/mol. The molecule has 0 spiro atoms. The van der Waals surface area contributed by atoms with Gasteiger partial charge in [-0.15, -0.1) is 0 Å². The molecule has 2 heterocycles. The monoisotopic (exact) mass is 288 g/mol. The van der Waals surface area contributed by atoms with Crippen molar-refractivity contribution in [3.05, 3.63) is 0 Å². The summed E-state index contributed by atoms with van der Waals surface area (Å²) in [7, 11) is 1.60. The molecule has 0 aromatic rings. The number of carbonyl (C=O) groups is 1. The Morgan fingerprint density at radius 1 is 1.30 bits per heavy atom. The third-order valence-electron chi connectivity index (χ3n) is 3.99. The number of hydrogen-bond acceptors (Lipinski definition) is 5. The van der Waals surface area contributed by atoms with Gasteiger partial charge in [-0.1, -0.05) is 0 Å². The van der Waals surface area contributed by atoms with E-state index in [0.29, 0.717) is 6.61 Å². The number of rotatable bonds is 6. The molecule has 2 saturated heterocycles. The average Bonchev–Trinajstić information content (AvgIpc) is 2.48. The van der Waals surface area contributed by atoms with Crippen molar-refractivity contribution in [2.45, 2.75) is 44.7 Å². The van der Waals surface area contributed by atoms with E-state index < -0.39 is 11.9 Å². The second kappa shape index (κ2) is 7.93. The molecule has 0 bridgehead atoms. The maximum atomic E-state index is 11.4. The van der Waals surface area contributed by atoms with Crippen LogP contribution in [0.5, 0.6) is 0 Å². The van der Waals surface area contributed by atoms with Gasteiger partial charge in [-0.2, -0.15) is 0 Å². The minimum Gasteiger partial charge on any atom is -0.481 e. The summed E-state index contributed by atoms with van der Waals surface area (Å²) in [5, 5.41) is 9.35. The molecular formula is C14H24O6. The van der Waals surface area contributed by atoms with Gasteiger partial charge in [-0.25, -0.2) is 0 Å². The molecule has 6 nitrogen and oxygen atoms in total. The number of methoxy groups -OCH3 is 1. The highest BCUT2D eigenvalue weighted by Crippen LogP contribution is 2.25. The molecule has 0 amide bonds. The van der Waals surface area contributed by atoms with Crippen LogP contribution in [0.3, 0.4) is 0 Å². The number of hydrogen-bond donors (Lipinski definition) is 1. The van der Waals surface area contributed by atoms with E-state index in [4.69, 9.17) is 18.9 Å². The predicted molar refractivity (Wildman–Crippen MR) is 70.1 cm³/mol. The normalized spacial score (nSPS) is 32.8. The van der Waals surface area contributed by atoms with Gasteiger partial charge in [-0.05, 0) is 38.0 Å². The molecule has 116 valence electrons. The topological polar surface area (TPSA) is 74.2 Å². The van der Waals surface area contributed by atoms with Crippen LogP contribution in [-0.2, 0) is 23.7 Å². The van der Waals surface area contributed by atoms with Crippen molar-refractivity contribution < 1.29 is 28.8 Å². The van der Waals surface area contributed by atoms with Crippen LogP contribution in [-0.4, -0.2) is 50.6 Å². The van der Waals surface area contributed by atoms with Crippen molar-refractivity contribution in [2.75, 3.05) is 26.9 Å². The van der Waals surface area contributed by atoms with Crippen LogP contribution in [0, 0.1) is 11.8 Å². The highest BCUT2D eigenvalue weighted by atomic mass is 16.8. The first kappa shape index (κ1) is 15.7. The summed E-state index contributed by atoms with van der Waals surface area (Å²) in [5.74, 6) is -1.32. The van der Waals surface area contributed by atoms with Crippen molar-refractivity contribution in [2.24, 2.45) is 11.8 Å². The summed E-state index contributed by atoms with van der Waals surface area (Å²) in [5.41, 5.74) is 0. The summed E-state index contributed by atoms with van der Waals surface area (Å²) in [6.45, 7) is 1.40. The minimum absolute atomic E-state index is 0.0306. The van der Waals surface area contributed by atoms with Crippen molar-refractivity contribution in [1.82, 2.24) is 0 Å². The Bertz CT molecular complexity index is 302. The van der Waals surface area contributed by atoms with Crippen LogP contribution in [0.2, 0.25) is 0 Å². The van der Waals surface area contributed by atoms with E-state index in [2.05, 4.69) is 0 Å². The Kier molecular flexibility index (Phi) is 6.22. The first-order valence-corrected chi connectivity index (χ1v) is 7.31. The second-order valence-electron chi connectivity index (χ2n) is 5.42. The third-order valence-corrected chi connectivity index (χ3v) is 3.99. The number of carboxylic acid groups (broad SMARTS) is 1. The molecule has 6 heteroatoms. The fraction of sp³-hybridized carbons (Fsp3) is 0.929. The summed E-state index contributed by atoms with van der Waals surface area (Å²) >= 11 is 0. The molecule has 20 heavy (non-hydrogen) atoms. The van der Waals surface area contributed by atoms with Crippen LogP contribution < -0.4 is 0 Å². The van der Waals surface area contributed by atoms with E-state index in [-0.39, 0.29) is 25.1 Å². The Labute approximate surface area is 119 Å². The Hall–Kier alpha value is -0.690. The lowest BCUT2D eigenvalue weighted by molar-refractivity contribution is -0.263. The number of ether oxygens (including phenoxy) is 4. The van der Waals surface area contributed by atoms with Gasteiger partial charge < -0.3 is 24.1 Å². The minimum atomic E-state index is -0.820. The van der Waals surface area contributed by atoms with Gasteiger partial charge in [0.25, 0.3) is 0 Å². The standard InChI is InChI=1S/C14H24O6/c1-17-12-5-2-6-13(20-12)19-9-11(14(15)16)10-4-3-7-18-8-10/h10-13H,2-9H2,1H3,(H,15,16)/t10-,11?,12+,13-/m1/s1. The van der Waals surface area contributed by atoms with Gasteiger partial charge >= 0.3 is 5.97 Å². The predicted octanol–water partition coefficient (Wildman–Crippen LogP) is 1.63. The first-order chi connectivity index (χ1) is 9.70. The van der Waals surface area contributed by atoms with Gasteiger partial charge in [0, 0.05) is 13.7 Å². The van der Waals surface area contributed by atoms with Crippen LogP contribution >= 0.6 is 0 Å². The molecule has 0 aromatic heterocycles. The van der Waals surface area contributed by atoms with E-state index in [1.165, 1.54) is 0 Å². The number of aliphatic carboxylic acids is 1. The molecule has 2 rings (SSSR count). The number of carboxylic acids is 1. The molecule has 0 radical (unpaired) electrons. The molecule has 0 saturated carbocycles. The smallest absolute Gasteiger partial charge is 0.309 e. The third kappa shape index (κ3) is 4.41. The summed E-state index contributed by atoms with van der Waals surface area (Å²) in [6, 6.07) is 0. The largest absolute Gasteiger partial charge is 0.481 e. The van der Waals surface area contributed by atoms with Crippen LogP contribution in [0.4, 0.5) is 0 Å². The van der Waals surface area contributed by atoms with Gasteiger partial charge in [0.1, 0.15) is 0 Å². The van der Waals surface area contributed by atoms with E-state index in [9.17, 15) is 9.90 Å². The van der Waals surface area contributed by atoms with Gasteiger partial charge in [0.15, 0.2) is 12.6 Å². The Morgan fingerprint density at radius 2 is 2.10 bits per heavy atom. The zero-order chi connectivity index (χ0) is 14.4. The van der Waals surface area contributed by atoms with Crippen molar-refractivity contribution in [3.8, 4) is 0 Å². The van der Waals surface area contributed by atoms with E-state index >= 15 is 0 Å². The Morgan fingerprint density at radius 3 is 2.75 bits per heavy atom. The van der Waals surface area contributed by atoms with Crippen LogP contribution in [0.15, 0.2) is 0 Å². The molecule has 1 N–H and O–H groups in total. The Balaban J connectivity index is 1.80. The van der Waals surface area contributed by atoms with Crippen LogP contribution in [0.1, 0.15) is 32.1 Å². The molecule has 0 aromatic carbocycles. The lowest BCUT2D eigenvalue weighted by Crippen LogP contribution is -2.37. The fourth-order valence-electron chi connectivity index (χ4n) is 2.76. The first-order valence-electron chi connectivity index (χ1n) is 7.31. The lowest BCUT2D eigenvalue weighted by Gasteiger charge is -2.31. The van der Waals surface area contributed by atoms with E-state index in [1.807, 2.05) is 0 Å². The zero-order valence-electron chi connectivity index (χ0n) is 12.0. The van der Waals surface area contributed by atoms with E-state index in [0.717, 1.165) is 38.7 Å². The molecule has 1 unspecified atom stereocenters. The molecule has 0 aliphatic carbocycles. The quantitative estimate of drug-likeness (QED) is 0.800. The van der Waals surface area contributed by atoms with Crippen molar-refractivity contribution >= 4 is 5.97 Å². The second-order valence-corrected chi connectivity index (χ2v) is 5.42. The lowest BCUT2D eigenvalue weighted by atomic mass is 9.88. The van der Waals surface area contributed by atoms with Gasteiger partial charge in [0.2, 0.25) is 0 Å². The maximum absolute atomic E-state index is 11.4. The van der Waals surface area contributed by atoms with E-state index in [1.54, 1.807) is 7.11 Å². The highest BCUT2D eigenvalue weighted by molar-refractivity contribution is 5.70. The van der Waals surface area contributed by atoms with Crippen molar-refractivity contribution in [3.63, 3.8) is 0 Å². The molecule has 2 aliphatic heterocycles. The SMILES string of the molecule is CO[C@@H]1CCC[C@H](OCC(C(=O)O)[C@@H]2CCCOC2)O1. The zero-order valence-corrected chi connectivity index (χ0v) is 12.0. The molecule has 4 atom stereocenters. The average molecular weight is 288 g/mol. The summed E-state index contributed by atoms with van der Waals surface area (Å²) in [6.07, 6.45) is 3.80. The summed E-state index contributed by atoms with van der Waals surface area (Å²) < 4.78 is 21.8. The molecule has 2 fully saturated rings. The highest BCUT2D eigenvalue weighted by Gasteiger charge is 2.32. The molecule has 2 aliphatic rings. The van der Waals surface area contributed by atoms with Crippen LogP contribution in [0.25, 0.3) is 0 Å². The summed E-state index contributed by atoms with van der Waals surface area (Å²) in [4.78, 5) is 11.4. The fourth-order valence-corrected chi connectivity index (χ4v) is 2.76. The van der Waals surface area contributed by atoms with Crippen molar-refractivity contribution in [1.29, 1.82) is 0 Å². The maximum Gasteiger partial charge on any atom is 0.309 e.